The number of rotatable bonds is 13. The van der Waals surface area contributed by atoms with Crippen molar-refractivity contribution in [3.05, 3.63) is 65.8 Å². The van der Waals surface area contributed by atoms with Gasteiger partial charge in [0.2, 0.25) is 0 Å². The maximum atomic E-state index is 5.41. The quantitative estimate of drug-likeness (QED) is 0.506. The maximum absolute atomic E-state index is 5.41. The van der Waals surface area contributed by atoms with Crippen LogP contribution in [0.3, 0.4) is 0 Å². The molecule has 5 heteroatoms. The molecule has 0 aliphatic carbocycles. The lowest BCUT2D eigenvalue weighted by Gasteiger charge is -2.27. The van der Waals surface area contributed by atoms with Gasteiger partial charge in [-0.15, -0.1) is 0 Å². The first-order valence-electron chi connectivity index (χ1n) is 10.8. The number of aromatic nitrogens is 2. The number of nitrogens with one attached hydrogen (secondary N) is 1. The highest BCUT2D eigenvalue weighted by atomic mass is 15.2. The highest BCUT2D eigenvalue weighted by molar-refractivity contribution is 5.47. The van der Waals surface area contributed by atoms with Crippen LogP contribution in [-0.4, -0.2) is 36.1 Å². The molecule has 0 aliphatic heterocycles. The Morgan fingerprint density at radius 2 is 2.00 bits per heavy atom. The van der Waals surface area contributed by atoms with E-state index < -0.39 is 0 Å². The Balaban J connectivity index is 2.06. The van der Waals surface area contributed by atoms with Crippen LogP contribution < -0.4 is 16.0 Å². The van der Waals surface area contributed by atoms with Crippen LogP contribution in [0.15, 0.2) is 48.9 Å². The molecular formula is C24H37N5. The topological polar surface area (TPSA) is 67.1 Å². The van der Waals surface area contributed by atoms with Crippen LogP contribution in [0.2, 0.25) is 0 Å². The zero-order valence-corrected chi connectivity index (χ0v) is 18.3. The van der Waals surface area contributed by atoms with E-state index >= 15 is 0 Å². The molecule has 0 unspecified atom stereocenters. The average molecular weight is 396 g/mol. The molecule has 0 fully saturated rings. The maximum Gasteiger partial charge on any atom is 0.131 e. The number of nitrogens with two attached hydrogens (primary N) is 1. The van der Waals surface area contributed by atoms with E-state index in [2.05, 4.69) is 54.2 Å². The van der Waals surface area contributed by atoms with Gasteiger partial charge in [0.15, 0.2) is 0 Å². The number of nitrogens with zero attached hydrogens (tertiary/aromatic N) is 3. The van der Waals surface area contributed by atoms with Crippen LogP contribution in [0.5, 0.6) is 0 Å². The van der Waals surface area contributed by atoms with Crippen molar-refractivity contribution in [2.45, 2.75) is 46.5 Å². The minimum atomic E-state index is 0.668. The number of aryl methyl sites for hydroxylation is 3. The van der Waals surface area contributed by atoms with E-state index in [1.165, 1.54) is 11.1 Å². The van der Waals surface area contributed by atoms with Gasteiger partial charge in [-0.25, -0.2) is 4.98 Å². The molecule has 2 rings (SSSR count). The third-order valence-corrected chi connectivity index (χ3v) is 5.03. The van der Waals surface area contributed by atoms with Gasteiger partial charge in [-0.3, -0.25) is 4.98 Å². The van der Waals surface area contributed by atoms with Gasteiger partial charge in [0.25, 0.3) is 0 Å². The lowest BCUT2D eigenvalue weighted by Crippen LogP contribution is -2.34. The first-order chi connectivity index (χ1) is 14.1. The van der Waals surface area contributed by atoms with E-state index in [0.29, 0.717) is 5.92 Å². The van der Waals surface area contributed by atoms with Gasteiger partial charge in [0, 0.05) is 44.3 Å². The van der Waals surface area contributed by atoms with E-state index in [9.17, 15) is 0 Å². The predicted molar refractivity (Wildman–Crippen MR) is 123 cm³/mol. The van der Waals surface area contributed by atoms with E-state index in [0.717, 1.165) is 63.4 Å². The molecular weight excluding hydrogens is 358 g/mol. The van der Waals surface area contributed by atoms with Crippen molar-refractivity contribution in [3.63, 3.8) is 0 Å². The fourth-order valence-corrected chi connectivity index (χ4v) is 3.21. The van der Waals surface area contributed by atoms with Crippen molar-refractivity contribution < 1.29 is 0 Å². The molecule has 0 bridgehead atoms. The van der Waals surface area contributed by atoms with Gasteiger partial charge >= 0.3 is 0 Å². The van der Waals surface area contributed by atoms with Gasteiger partial charge in [-0.1, -0.05) is 39.0 Å². The van der Waals surface area contributed by atoms with Crippen LogP contribution in [0.1, 0.15) is 44.0 Å². The summed E-state index contributed by atoms with van der Waals surface area (Å²) >= 11 is 0. The van der Waals surface area contributed by atoms with Gasteiger partial charge in [0.1, 0.15) is 5.82 Å². The highest BCUT2D eigenvalue weighted by Gasteiger charge is 2.13. The predicted octanol–water partition coefficient (Wildman–Crippen LogP) is 3.74. The fourth-order valence-electron chi connectivity index (χ4n) is 3.21. The summed E-state index contributed by atoms with van der Waals surface area (Å²) in [6.07, 6.45) is 11.5. The molecule has 0 amide bonds. The molecule has 0 saturated heterocycles. The monoisotopic (exact) mass is 395 g/mol. The van der Waals surface area contributed by atoms with Crippen LogP contribution >= 0.6 is 0 Å². The van der Waals surface area contributed by atoms with Crippen LogP contribution in [-0.2, 0) is 19.3 Å². The summed E-state index contributed by atoms with van der Waals surface area (Å²) in [6, 6.07) is 8.59. The summed E-state index contributed by atoms with van der Waals surface area (Å²) in [4.78, 5) is 11.7. The summed E-state index contributed by atoms with van der Waals surface area (Å²) in [5.41, 5.74) is 9.14. The third kappa shape index (κ3) is 8.24. The van der Waals surface area contributed by atoms with Crippen molar-refractivity contribution in [1.82, 2.24) is 15.3 Å². The Hall–Kier alpha value is -2.40. The minimum absolute atomic E-state index is 0.668. The van der Waals surface area contributed by atoms with Gasteiger partial charge < -0.3 is 16.0 Å². The zero-order valence-electron chi connectivity index (χ0n) is 18.3. The summed E-state index contributed by atoms with van der Waals surface area (Å²) in [6.45, 7) is 10.3. The Labute approximate surface area is 176 Å². The van der Waals surface area contributed by atoms with E-state index in [-0.39, 0.29) is 0 Å². The number of hydrogen-bond acceptors (Lipinski definition) is 5. The van der Waals surface area contributed by atoms with Crippen molar-refractivity contribution in [2.24, 2.45) is 11.7 Å². The number of pyridine rings is 2. The third-order valence-electron chi connectivity index (χ3n) is 5.03. The summed E-state index contributed by atoms with van der Waals surface area (Å²) in [7, 11) is 0. The zero-order chi connectivity index (χ0) is 20.9. The van der Waals surface area contributed by atoms with Crippen LogP contribution in [0.25, 0.3) is 0 Å². The molecule has 158 valence electrons. The molecule has 0 aromatic carbocycles. The van der Waals surface area contributed by atoms with Crippen molar-refractivity contribution >= 4 is 5.82 Å². The molecule has 2 aromatic heterocycles. The van der Waals surface area contributed by atoms with Gasteiger partial charge in [-0.2, -0.15) is 0 Å². The van der Waals surface area contributed by atoms with E-state index in [1.54, 1.807) is 6.20 Å². The van der Waals surface area contributed by atoms with E-state index in [4.69, 9.17) is 10.7 Å². The lowest BCUT2D eigenvalue weighted by atomic mass is 10.0. The van der Waals surface area contributed by atoms with Crippen molar-refractivity contribution in [1.29, 1.82) is 0 Å². The first-order valence-corrected chi connectivity index (χ1v) is 10.8. The number of hydrogen-bond donors (Lipinski definition) is 2. The highest BCUT2D eigenvalue weighted by Crippen LogP contribution is 2.20. The second-order valence-electron chi connectivity index (χ2n) is 7.80. The fraction of sp³-hybridized carbons (Fsp3) is 0.500. The first kappa shape index (κ1) is 22.9. The van der Waals surface area contributed by atoms with Crippen LogP contribution in [0, 0.1) is 5.92 Å². The molecule has 0 aliphatic rings. The average Bonchev–Trinajstić information content (AvgIpc) is 2.75. The molecule has 2 heterocycles. The number of anilines is 1. The second-order valence-corrected chi connectivity index (χ2v) is 7.80. The molecule has 2 aromatic rings. The molecule has 0 saturated carbocycles. The molecule has 0 atom stereocenters. The Bertz CT molecular complexity index is 724. The van der Waals surface area contributed by atoms with Crippen molar-refractivity contribution in [3.8, 4) is 0 Å². The standard InChI is InChI=1S/C24H37N5/c1-4-23-11-9-21(19-28-23)8-10-22-7-5-15-27-24(22)29(17-12-20(2)3)18-16-26-14-6-13-25/h5-7,9,11,13,15,19-20,26H,4,8,10,12,14,16-18,25H2,1-3H3/b13-6-. The summed E-state index contributed by atoms with van der Waals surface area (Å²) in [5, 5.41) is 3.42. The molecule has 0 radical (unpaired) electrons. The summed E-state index contributed by atoms with van der Waals surface area (Å²) in [5.74, 6) is 1.78. The second kappa shape index (κ2) is 12.9. The normalized spacial score (nSPS) is 11.4. The largest absolute Gasteiger partial charge is 0.405 e. The SMILES string of the molecule is CCc1ccc(CCc2cccnc2N(CCNC/C=C\N)CCC(C)C)cn1. The smallest absolute Gasteiger partial charge is 0.131 e. The minimum Gasteiger partial charge on any atom is -0.405 e. The summed E-state index contributed by atoms with van der Waals surface area (Å²) < 4.78 is 0. The van der Waals surface area contributed by atoms with E-state index in [1.807, 2.05) is 24.5 Å². The Morgan fingerprint density at radius 1 is 1.14 bits per heavy atom. The van der Waals surface area contributed by atoms with Crippen molar-refractivity contribution in [2.75, 3.05) is 31.1 Å². The van der Waals surface area contributed by atoms with Gasteiger partial charge in [-0.05, 0) is 61.1 Å². The Morgan fingerprint density at radius 3 is 2.69 bits per heavy atom. The molecule has 3 N–H and O–H groups in total. The molecule has 29 heavy (non-hydrogen) atoms. The Kier molecular flexibility index (Phi) is 10.2. The molecule has 0 spiro atoms. The van der Waals surface area contributed by atoms with Crippen LogP contribution in [0.4, 0.5) is 5.82 Å². The molecule has 5 nitrogen and oxygen atoms in total. The lowest BCUT2D eigenvalue weighted by molar-refractivity contribution is 0.563. The van der Waals surface area contributed by atoms with Gasteiger partial charge in [0.05, 0.1) is 0 Å².